The fourth-order valence-electron chi connectivity index (χ4n) is 1.21. The number of methoxy groups -OCH3 is 1. The van der Waals surface area contributed by atoms with E-state index in [0.29, 0.717) is 7.11 Å². The summed E-state index contributed by atoms with van der Waals surface area (Å²) in [6.07, 6.45) is -10.5. The van der Waals surface area contributed by atoms with Crippen LogP contribution >= 0.6 is 0 Å². The summed E-state index contributed by atoms with van der Waals surface area (Å²) in [5.41, 5.74) is -3.01. The predicted molar refractivity (Wildman–Crippen MR) is 49.4 cm³/mol. The first-order chi connectivity index (χ1) is 8.95. The number of pyridine rings is 1. The lowest BCUT2D eigenvalue weighted by molar-refractivity contribution is -0.276. The molecule has 0 aromatic carbocycles. The third kappa shape index (κ3) is 3.65. The molecule has 0 aliphatic carbocycles. The number of carboxylic acid groups (broad SMARTS) is 1. The second-order valence-corrected chi connectivity index (χ2v) is 3.24. The van der Waals surface area contributed by atoms with Crippen molar-refractivity contribution in [2.45, 2.75) is 12.5 Å². The van der Waals surface area contributed by atoms with Gasteiger partial charge in [-0.05, 0) is 6.07 Å². The van der Waals surface area contributed by atoms with Crippen LogP contribution in [0.2, 0.25) is 0 Å². The second-order valence-electron chi connectivity index (χ2n) is 3.24. The van der Waals surface area contributed by atoms with Crippen molar-refractivity contribution in [1.82, 2.24) is 4.98 Å². The molecule has 112 valence electrons. The van der Waals surface area contributed by atoms with Crippen molar-refractivity contribution in [2.75, 3.05) is 7.11 Å². The normalized spacial score (nSPS) is 12.2. The number of aromatic carboxylic acids is 1. The minimum absolute atomic E-state index is 0.0460. The molecule has 0 amide bonds. The number of rotatable bonds is 3. The number of carboxylic acids is 1. The number of ether oxygens (including phenoxy) is 2. The number of alkyl halides is 6. The molecule has 0 atom stereocenters. The lowest BCUT2D eigenvalue weighted by Crippen LogP contribution is -2.21. The molecule has 0 aliphatic rings. The highest BCUT2D eigenvalue weighted by Gasteiger charge is 2.41. The van der Waals surface area contributed by atoms with Crippen molar-refractivity contribution in [3.63, 3.8) is 0 Å². The van der Waals surface area contributed by atoms with Gasteiger partial charge in [-0.15, -0.1) is 13.2 Å². The molecule has 1 rings (SSSR count). The van der Waals surface area contributed by atoms with Gasteiger partial charge in [0.2, 0.25) is 0 Å². The third-order valence-corrected chi connectivity index (χ3v) is 1.88. The van der Waals surface area contributed by atoms with E-state index in [2.05, 4.69) is 14.5 Å². The van der Waals surface area contributed by atoms with E-state index in [1.807, 2.05) is 0 Å². The van der Waals surface area contributed by atoms with Gasteiger partial charge in [0.25, 0.3) is 5.88 Å². The van der Waals surface area contributed by atoms with Gasteiger partial charge in [-0.2, -0.15) is 13.2 Å². The number of nitrogens with zero attached hydrogens (tertiary/aromatic N) is 1. The zero-order chi connectivity index (χ0) is 15.7. The Morgan fingerprint density at radius 1 is 1.25 bits per heavy atom. The van der Waals surface area contributed by atoms with Gasteiger partial charge >= 0.3 is 18.5 Å². The molecule has 0 unspecified atom stereocenters. The summed E-state index contributed by atoms with van der Waals surface area (Å²) in [4.78, 5) is 13.4. The lowest BCUT2D eigenvalue weighted by Gasteiger charge is -2.16. The summed E-state index contributed by atoms with van der Waals surface area (Å²) in [6, 6.07) is 0.0460. The quantitative estimate of drug-likeness (QED) is 0.870. The zero-order valence-electron chi connectivity index (χ0n) is 9.46. The Balaban J connectivity index is 3.55. The van der Waals surface area contributed by atoms with E-state index in [9.17, 15) is 31.1 Å². The van der Waals surface area contributed by atoms with Crippen molar-refractivity contribution < 1.29 is 45.7 Å². The molecule has 0 aliphatic heterocycles. The Bertz CT molecular complexity index is 524. The topological polar surface area (TPSA) is 68.7 Å². The van der Waals surface area contributed by atoms with Gasteiger partial charge in [0, 0.05) is 0 Å². The van der Waals surface area contributed by atoms with Crippen molar-refractivity contribution in [2.24, 2.45) is 0 Å². The van der Waals surface area contributed by atoms with E-state index in [1.165, 1.54) is 0 Å². The van der Waals surface area contributed by atoms with Gasteiger partial charge in [-0.1, -0.05) is 0 Å². The molecule has 0 saturated heterocycles. The molecule has 1 heterocycles. The number of hydrogen-bond donors (Lipinski definition) is 1. The predicted octanol–water partition coefficient (Wildman–Crippen LogP) is 2.71. The van der Waals surface area contributed by atoms with Gasteiger partial charge < -0.3 is 14.6 Å². The van der Waals surface area contributed by atoms with Gasteiger partial charge in [-0.3, -0.25) is 0 Å². The Morgan fingerprint density at radius 2 is 1.80 bits per heavy atom. The van der Waals surface area contributed by atoms with Crippen molar-refractivity contribution >= 4 is 5.97 Å². The molecule has 0 saturated carbocycles. The van der Waals surface area contributed by atoms with E-state index in [1.54, 1.807) is 0 Å². The van der Waals surface area contributed by atoms with E-state index in [0.717, 1.165) is 0 Å². The van der Waals surface area contributed by atoms with Crippen LogP contribution in [0.15, 0.2) is 6.07 Å². The van der Waals surface area contributed by atoms with E-state index in [4.69, 9.17) is 5.11 Å². The smallest absolute Gasteiger partial charge is 0.491 e. The molecule has 1 aromatic heterocycles. The number of hydrogen-bond acceptors (Lipinski definition) is 4. The van der Waals surface area contributed by atoms with Crippen LogP contribution in [0.1, 0.15) is 16.1 Å². The lowest BCUT2D eigenvalue weighted by atomic mass is 10.2. The van der Waals surface area contributed by atoms with E-state index < -0.39 is 41.4 Å². The third-order valence-electron chi connectivity index (χ3n) is 1.88. The zero-order valence-corrected chi connectivity index (χ0v) is 9.46. The first kappa shape index (κ1) is 15.9. The highest BCUT2D eigenvalue weighted by molar-refractivity contribution is 5.86. The van der Waals surface area contributed by atoms with Gasteiger partial charge in [0.1, 0.15) is 5.56 Å². The Kier molecular flexibility index (Phi) is 4.01. The van der Waals surface area contributed by atoms with Crippen LogP contribution in [0.25, 0.3) is 0 Å². The number of aromatic nitrogens is 1. The summed E-state index contributed by atoms with van der Waals surface area (Å²) in [6.45, 7) is 0. The van der Waals surface area contributed by atoms with E-state index in [-0.39, 0.29) is 6.07 Å². The van der Waals surface area contributed by atoms with Crippen LogP contribution in [0, 0.1) is 0 Å². The Hall–Kier alpha value is -2.20. The van der Waals surface area contributed by atoms with Crippen molar-refractivity contribution in [1.29, 1.82) is 0 Å². The van der Waals surface area contributed by atoms with Crippen LogP contribution < -0.4 is 9.47 Å². The average Bonchev–Trinajstić information content (AvgIpc) is 2.24. The molecule has 0 spiro atoms. The highest BCUT2D eigenvalue weighted by Crippen LogP contribution is 2.42. The second kappa shape index (κ2) is 5.06. The molecule has 1 N–H and O–H groups in total. The summed E-state index contributed by atoms with van der Waals surface area (Å²) in [7, 11) is 0.663. The standard InChI is InChI=1S/C9H5F6NO4/c1-19-5-3(8(10,11)12)2-4(7(17)18)16-6(5)20-9(13,14)15/h2H,1H3,(H,17,18). The maximum atomic E-state index is 12.7. The van der Waals surface area contributed by atoms with Crippen molar-refractivity contribution in [3.05, 3.63) is 17.3 Å². The SMILES string of the molecule is COc1c(C(F)(F)F)cc(C(=O)O)nc1OC(F)(F)F. The summed E-state index contributed by atoms with van der Waals surface area (Å²) in [5, 5.41) is 8.55. The fraction of sp³-hybridized carbons (Fsp3) is 0.333. The molecular formula is C9H5F6NO4. The van der Waals surface area contributed by atoms with Gasteiger partial charge in [0.05, 0.1) is 7.11 Å². The van der Waals surface area contributed by atoms with Crippen LogP contribution in [-0.4, -0.2) is 29.5 Å². The monoisotopic (exact) mass is 305 g/mol. The molecule has 0 radical (unpaired) electrons. The van der Waals surface area contributed by atoms with Gasteiger partial charge in [0.15, 0.2) is 11.4 Å². The minimum Gasteiger partial charge on any atom is -0.491 e. The minimum atomic E-state index is -5.36. The molecule has 11 heteroatoms. The Morgan fingerprint density at radius 3 is 2.15 bits per heavy atom. The summed E-state index contributed by atoms with van der Waals surface area (Å²) >= 11 is 0. The summed E-state index contributed by atoms with van der Waals surface area (Å²) < 4.78 is 81.6. The fourth-order valence-corrected chi connectivity index (χ4v) is 1.21. The number of halogens is 6. The maximum Gasteiger partial charge on any atom is 0.574 e. The molecule has 20 heavy (non-hydrogen) atoms. The first-order valence-corrected chi connectivity index (χ1v) is 4.61. The van der Waals surface area contributed by atoms with E-state index >= 15 is 0 Å². The van der Waals surface area contributed by atoms with Crippen molar-refractivity contribution in [3.8, 4) is 11.6 Å². The Labute approximate surface area is 106 Å². The number of carbonyl (C=O) groups is 1. The molecule has 1 aromatic rings. The summed E-state index contributed by atoms with van der Waals surface area (Å²) in [5.74, 6) is -4.95. The molecule has 0 bridgehead atoms. The van der Waals surface area contributed by atoms with Gasteiger partial charge in [-0.25, -0.2) is 9.78 Å². The van der Waals surface area contributed by atoms with Crippen LogP contribution in [0.4, 0.5) is 26.3 Å². The molecule has 0 fully saturated rings. The maximum absolute atomic E-state index is 12.7. The van der Waals surface area contributed by atoms with Crippen LogP contribution in [0.3, 0.4) is 0 Å². The first-order valence-electron chi connectivity index (χ1n) is 4.61. The average molecular weight is 305 g/mol. The van der Waals surface area contributed by atoms with Crippen LogP contribution in [0.5, 0.6) is 11.6 Å². The van der Waals surface area contributed by atoms with Crippen LogP contribution in [-0.2, 0) is 6.18 Å². The molecule has 5 nitrogen and oxygen atoms in total. The highest BCUT2D eigenvalue weighted by atomic mass is 19.4. The largest absolute Gasteiger partial charge is 0.574 e. The molecular weight excluding hydrogens is 300 g/mol.